The van der Waals surface area contributed by atoms with Gasteiger partial charge >= 0.3 is 6.01 Å². The molecule has 39 heavy (non-hydrogen) atoms. The van der Waals surface area contributed by atoms with Gasteiger partial charge in [-0.05, 0) is 44.7 Å². The van der Waals surface area contributed by atoms with Gasteiger partial charge in [0.15, 0.2) is 0 Å². The summed E-state index contributed by atoms with van der Waals surface area (Å²) < 4.78 is 38.8. The summed E-state index contributed by atoms with van der Waals surface area (Å²) in [6, 6.07) is 4.00. The number of aryl methyl sites for hydroxylation is 1. The van der Waals surface area contributed by atoms with Crippen LogP contribution < -0.4 is 15.0 Å². The number of aromatic nitrogens is 3. The van der Waals surface area contributed by atoms with Gasteiger partial charge < -0.3 is 19.7 Å². The van der Waals surface area contributed by atoms with Gasteiger partial charge in [-0.25, -0.2) is 23.7 Å². The van der Waals surface area contributed by atoms with Crippen LogP contribution in [0.25, 0.3) is 0 Å². The normalized spacial score (nSPS) is 22.3. The Morgan fingerprint density at radius 1 is 1.15 bits per heavy atom. The molecule has 1 N–H and O–H groups in total. The first-order valence-corrected chi connectivity index (χ1v) is 14.0. The van der Waals surface area contributed by atoms with Gasteiger partial charge in [0.1, 0.15) is 5.82 Å². The second-order valence-electron chi connectivity index (χ2n) is 10.9. The average Bonchev–Trinajstić information content (AvgIpc) is 2.94. The highest BCUT2D eigenvalue weighted by atomic mass is 19.3. The molecule has 2 aromatic rings. The van der Waals surface area contributed by atoms with E-state index in [0.29, 0.717) is 13.2 Å². The zero-order valence-corrected chi connectivity index (χ0v) is 22.7. The Balaban J connectivity index is 1.29. The molecule has 2 unspecified atom stereocenters. The van der Waals surface area contributed by atoms with Crippen molar-refractivity contribution in [3.8, 4) is 6.01 Å². The lowest BCUT2D eigenvalue weighted by Crippen LogP contribution is -2.45. The van der Waals surface area contributed by atoms with Crippen molar-refractivity contribution in [3.05, 3.63) is 41.3 Å². The molecule has 1 amide bonds. The molecule has 2 fully saturated rings. The van der Waals surface area contributed by atoms with Crippen LogP contribution in [0.3, 0.4) is 0 Å². The Kier molecular flexibility index (Phi) is 8.56. The van der Waals surface area contributed by atoms with Gasteiger partial charge in [0, 0.05) is 69.2 Å². The Labute approximate surface area is 228 Å². The molecular weight excluding hydrogens is 506 g/mol. The molecule has 0 bridgehead atoms. The molecule has 5 rings (SSSR count). The minimum Gasteiger partial charge on any atom is -0.461 e. The fraction of sp³-hybridized carbons (Fsp3) is 0.643. The summed E-state index contributed by atoms with van der Waals surface area (Å²) in [4.78, 5) is 31.2. The topological polar surface area (TPSA) is 92.7 Å². The van der Waals surface area contributed by atoms with Crippen LogP contribution in [0.15, 0.2) is 24.5 Å². The maximum atomic E-state index is 13.9. The summed E-state index contributed by atoms with van der Waals surface area (Å²) in [5, 5.41) is 3.13. The van der Waals surface area contributed by atoms with Gasteiger partial charge in [0.2, 0.25) is 5.91 Å². The van der Waals surface area contributed by atoms with Gasteiger partial charge in [-0.1, -0.05) is 6.07 Å². The largest absolute Gasteiger partial charge is 0.461 e. The van der Waals surface area contributed by atoms with E-state index in [9.17, 15) is 13.6 Å². The zero-order chi connectivity index (χ0) is 27.4. The molecule has 2 aromatic heterocycles. The van der Waals surface area contributed by atoms with E-state index in [-0.39, 0.29) is 62.5 Å². The van der Waals surface area contributed by atoms with Crippen molar-refractivity contribution in [2.24, 2.45) is 0 Å². The smallest absolute Gasteiger partial charge is 0.316 e. The van der Waals surface area contributed by atoms with E-state index in [4.69, 9.17) is 14.5 Å². The van der Waals surface area contributed by atoms with Crippen LogP contribution in [0.1, 0.15) is 68.3 Å². The molecule has 1 aliphatic carbocycles. The zero-order valence-electron chi connectivity index (χ0n) is 22.7. The monoisotopic (exact) mass is 544 g/mol. The number of rotatable bonds is 8. The molecule has 3 aliphatic rings. The molecule has 11 heteroatoms. The summed E-state index contributed by atoms with van der Waals surface area (Å²) in [5.74, 6) is -2.08. The number of likely N-dealkylation sites (tertiary alicyclic amines) is 1. The minimum absolute atomic E-state index is 0.0620. The van der Waals surface area contributed by atoms with Gasteiger partial charge in [-0.3, -0.25) is 9.69 Å². The van der Waals surface area contributed by atoms with Gasteiger partial charge in [-0.15, -0.1) is 0 Å². The van der Waals surface area contributed by atoms with E-state index in [1.54, 1.807) is 12.4 Å². The predicted octanol–water partition coefficient (Wildman–Crippen LogP) is 3.50. The minimum atomic E-state index is -2.66. The van der Waals surface area contributed by atoms with E-state index in [1.807, 2.05) is 30.9 Å². The average molecular weight is 545 g/mol. The fourth-order valence-electron chi connectivity index (χ4n) is 5.60. The summed E-state index contributed by atoms with van der Waals surface area (Å²) >= 11 is 0. The van der Waals surface area contributed by atoms with Crippen LogP contribution in [-0.2, 0) is 16.0 Å². The van der Waals surface area contributed by atoms with Crippen molar-refractivity contribution in [2.45, 2.75) is 69.9 Å². The Bertz CT molecular complexity index is 1120. The Morgan fingerprint density at radius 2 is 1.87 bits per heavy atom. The van der Waals surface area contributed by atoms with Crippen LogP contribution in [0.4, 0.5) is 14.6 Å². The number of alkyl halides is 2. The van der Waals surface area contributed by atoms with Gasteiger partial charge in [-0.2, -0.15) is 0 Å². The SMILES string of the molecule is CC(C)Oc1ncc(C(CNC(=O)C2CCCc3nc(N4CCOCC4)ccc32)N2CCC(F)(F)CC2)cn1. The number of morpholine rings is 1. The number of hydrogen-bond donors (Lipinski definition) is 1. The van der Waals surface area contributed by atoms with Gasteiger partial charge in [0.05, 0.1) is 31.3 Å². The number of amides is 1. The molecule has 212 valence electrons. The molecular formula is C28H38F2N6O3. The highest BCUT2D eigenvalue weighted by Crippen LogP contribution is 2.34. The number of piperidine rings is 1. The predicted molar refractivity (Wildman–Crippen MR) is 142 cm³/mol. The van der Waals surface area contributed by atoms with Crippen molar-refractivity contribution in [2.75, 3.05) is 50.8 Å². The summed E-state index contributed by atoms with van der Waals surface area (Å²) in [7, 11) is 0. The first kappa shape index (κ1) is 27.6. The number of anilines is 1. The van der Waals surface area contributed by atoms with Crippen molar-refractivity contribution >= 4 is 11.7 Å². The molecule has 2 saturated heterocycles. The summed E-state index contributed by atoms with van der Waals surface area (Å²) in [6.07, 6.45) is 5.35. The third-order valence-corrected chi connectivity index (χ3v) is 7.74. The van der Waals surface area contributed by atoms with Crippen molar-refractivity contribution in [1.82, 2.24) is 25.2 Å². The van der Waals surface area contributed by atoms with E-state index < -0.39 is 5.92 Å². The van der Waals surface area contributed by atoms with Crippen LogP contribution in [0, 0.1) is 0 Å². The molecule has 0 aromatic carbocycles. The molecule has 0 radical (unpaired) electrons. The quantitative estimate of drug-likeness (QED) is 0.540. The lowest BCUT2D eigenvalue weighted by atomic mass is 9.85. The highest BCUT2D eigenvalue weighted by molar-refractivity contribution is 5.84. The van der Waals surface area contributed by atoms with Crippen LogP contribution in [0.2, 0.25) is 0 Å². The van der Waals surface area contributed by atoms with Crippen LogP contribution in [0.5, 0.6) is 6.01 Å². The maximum absolute atomic E-state index is 13.9. The standard InChI is InChI=1S/C28H38F2N6O3/c1-19(2)39-27-32-16-20(17-33-27)24(35-10-8-28(29,30)9-11-35)18-31-26(37)22-4-3-5-23-21(22)6-7-25(34-23)36-12-14-38-15-13-36/h6-7,16-17,19,22,24H,3-5,8-15,18H2,1-2H3,(H,31,37). The number of carbonyl (C=O) groups excluding carboxylic acids is 1. The Morgan fingerprint density at radius 3 is 2.56 bits per heavy atom. The molecule has 2 atom stereocenters. The number of halogens is 2. The second-order valence-corrected chi connectivity index (χ2v) is 10.9. The van der Waals surface area contributed by atoms with E-state index in [0.717, 1.165) is 55.0 Å². The van der Waals surface area contributed by atoms with E-state index in [2.05, 4.69) is 20.2 Å². The number of nitrogens with one attached hydrogen (secondary N) is 1. The third kappa shape index (κ3) is 6.81. The first-order chi connectivity index (χ1) is 18.8. The van der Waals surface area contributed by atoms with Crippen molar-refractivity contribution < 1.29 is 23.0 Å². The number of hydrogen-bond acceptors (Lipinski definition) is 8. The highest BCUT2D eigenvalue weighted by Gasteiger charge is 2.37. The molecule has 0 saturated carbocycles. The molecule has 4 heterocycles. The number of pyridine rings is 1. The third-order valence-electron chi connectivity index (χ3n) is 7.74. The maximum Gasteiger partial charge on any atom is 0.316 e. The number of fused-ring (bicyclic) bond motifs is 1. The lowest BCUT2D eigenvalue weighted by molar-refractivity contribution is -0.123. The molecule has 9 nitrogen and oxygen atoms in total. The number of carbonyl (C=O) groups is 1. The summed E-state index contributed by atoms with van der Waals surface area (Å²) in [6.45, 7) is 7.55. The van der Waals surface area contributed by atoms with Gasteiger partial charge in [0.25, 0.3) is 5.92 Å². The lowest BCUT2D eigenvalue weighted by Gasteiger charge is -2.37. The molecule has 2 aliphatic heterocycles. The number of nitrogens with zero attached hydrogens (tertiary/aromatic N) is 5. The summed E-state index contributed by atoms with van der Waals surface area (Å²) in [5.41, 5.74) is 2.72. The first-order valence-electron chi connectivity index (χ1n) is 14.0. The van der Waals surface area contributed by atoms with Crippen LogP contribution >= 0.6 is 0 Å². The molecule has 0 spiro atoms. The van der Waals surface area contributed by atoms with Crippen molar-refractivity contribution in [1.29, 1.82) is 0 Å². The fourth-order valence-corrected chi connectivity index (χ4v) is 5.60. The van der Waals surface area contributed by atoms with Crippen molar-refractivity contribution in [3.63, 3.8) is 0 Å². The Hall–Kier alpha value is -2.92. The number of ether oxygens (including phenoxy) is 2. The van der Waals surface area contributed by atoms with E-state index in [1.165, 1.54) is 0 Å². The van der Waals surface area contributed by atoms with E-state index >= 15 is 0 Å². The second kappa shape index (κ2) is 12.1. The van der Waals surface area contributed by atoms with Crippen LogP contribution in [-0.4, -0.2) is 83.7 Å².